The summed E-state index contributed by atoms with van der Waals surface area (Å²) in [7, 11) is -3.70. The lowest BCUT2D eigenvalue weighted by atomic mass is 10.2. The molecule has 1 rings (SSSR count). The van der Waals surface area contributed by atoms with Gasteiger partial charge in [-0.15, -0.1) is 0 Å². The molecule has 1 amide bonds. The number of hydrogen-bond acceptors (Lipinski definition) is 4. The van der Waals surface area contributed by atoms with E-state index in [0.717, 1.165) is 6.54 Å². The number of nitrogens with two attached hydrogens (primary N) is 1. The van der Waals surface area contributed by atoms with Gasteiger partial charge in [0.05, 0.1) is 11.4 Å². The summed E-state index contributed by atoms with van der Waals surface area (Å²) in [5, 5.41) is 10.6. The molecular weight excluding hydrogens is 266 g/mol. The molecule has 0 aliphatic carbocycles. The van der Waals surface area contributed by atoms with Crippen molar-refractivity contribution in [2.45, 2.75) is 18.7 Å². The van der Waals surface area contributed by atoms with E-state index in [-0.39, 0.29) is 17.3 Å². The molecule has 0 heterocycles. The van der Waals surface area contributed by atoms with Crippen LogP contribution in [0.1, 0.15) is 13.8 Å². The summed E-state index contributed by atoms with van der Waals surface area (Å²) in [6.07, 6.45) is 0. The van der Waals surface area contributed by atoms with Crippen LogP contribution in [0.25, 0.3) is 0 Å². The van der Waals surface area contributed by atoms with E-state index in [1.54, 1.807) is 0 Å². The predicted octanol–water partition coefficient (Wildman–Crippen LogP) is 0.518. The molecule has 1 aromatic carbocycles. The summed E-state index contributed by atoms with van der Waals surface area (Å²) in [5.41, 5.74) is 0.531. The highest BCUT2D eigenvalue weighted by Gasteiger charge is 2.07. The van der Waals surface area contributed by atoms with Crippen LogP contribution >= 0.6 is 0 Å². The first kappa shape index (κ1) is 15.6. The number of benzene rings is 1. The van der Waals surface area contributed by atoms with Gasteiger partial charge >= 0.3 is 0 Å². The van der Waals surface area contributed by atoms with Crippen LogP contribution in [-0.4, -0.2) is 27.4 Å². The molecule has 0 aromatic heterocycles. The van der Waals surface area contributed by atoms with Gasteiger partial charge in [-0.3, -0.25) is 4.79 Å². The molecule has 4 N–H and O–H groups in total. The average Bonchev–Trinajstić information content (AvgIpc) is 2.27. The Balaban J connectivity index is 2.52. The van der Waals surface area contributed by atoms with E-state index in [1.165, 1.54) is 24.3 Å². The molecule has 0 saturated carbocycles. The minimum absolute atomic E-state index is 0.0171. The van der Waals surface area contributed by atoms with E-state index < -0.39 is 10.0 Å². The zero-order valence-electron chi connectivity index (χ0n) is 11.0. The summed E-state index contributed by atoms with van der Waals surface area (Å²) in [4.78, 5) is 11.6. The third-order valence-electron chi connectivity index (χ3n) is 2.30. The Morgan fingerprint density at radius 2 is 1.84 bits per heavy atom. The number of rotatable bonds is 6. The van der Waals surface area contributed by atoms with Crippen molar-refractivity contribution in [1.82, 2.24) is 5.32 Å². The van der Waals surface area contributed by atoms with Crippen LogP contribution in [0.2, 0.25) is 0 Å². The first-order chi connectivity index (χ1) is 8.79. The molecule has 0 atom stereocenters. The van der Waals surface area contributed by atoms with Crippen molar-refractivity contribution in [1.29, 1.82) is 0 Å². The summed E-state index contributed by atoms with van der Waals surface area (Å²) < 4.78 is 22.1. The summed E-state index contributed by atoms with van der Waals surface area (Å²) in [6, 6.07) is 5.71. The highest BCUT2D eigenvalue weighted by molar-refractivity contribution is 7.89. The second-order valence-electron chi connectivity index (χ2n) is 4.64. The second-order valence-corrected chi connectivity index (χ2v) is 6.20. The van der Waals surface area contributed by atoms with Crippen molar-refractivity contribution < 1.29 is 13.2 Å². The van der Waals surface area contributed by atoms with Gasteiger partial charge in [0.2, 0.25) is 15.9 Å². The largest absolute Gasteiger partial charge is 0.325 e. The molecule has 106 valence electrons. The van der Waals surface area contributed by atoms with E-state index in [9.17, 15) is 13.2 Å². The van der Waals surface area contributed by atoms with Crippen molar-refractivity contribution in [3.8, 4) is 0 Å². The van der Waals surface area contributed by atoms with Gasteiger partial charge in [-0.1, -0.05) is 13.8 Å². The molecule has 0 bridgehead atoms. The lowest BCUT2D eigenvalue weighted by Gasteiger charge is -2.08. The Hall–Kier alpha value is -1.44. The molecule has 0 unspecified atom stereocenters. The maximum absolute atomic E-state index is 11.6. The second kappa shape index (κ2) is 6.65. The topological polar surface area (TPSA) is 101 Å². The van der Waals surface area contributed by atoms with Gasteiger partial charge in [-0.2, -0.15) is 0 Å². The molecule has 0 aliphatic heterocycles. The van der Waals surface area contributed by atoms with Crippen LogP contribution < -0.4 is 15.8 Å². The van der Waals surface area contributed by atoms with Crippen molar-refractivity contribution in [2.75, 3.05) is 18.4 Å². The molecular formula is C12H19N3O3S. The Morgan fingerprint density at radius 3 is 2.32 bits per heavy atom. The summed E-state index contributed by atoms with van der Waals surface area (Å²) >= 11 is 0. The number of carbonyl (C=O) groups is 1. The normalized spacial score (nSPS) is 11.6. The molecule has 0 spiro atoms. The Kier molecular flexibility index (Phi) is 5.46. The van der Waals surface area contributed by atoms with Crippen molar-refractivity contribution >= 4 is 21.6 Å². The molecule has 19 heavy (non-hydrogen) atoms. The van der Waals surface area contributed by atoms with Crippen LogP contribution in [0.4, 0.5) is 5.69 Å². The molecule has 6 nitrogen and oxygen atoms in total. The SMILES string of the molecule is CC(C)CNCC(=O)Nc1ccc(S(N)(=O)=O)cc1. The van der Waals surface area contributed by atoms with E-state index in [2.05, 4.69) is 24.5 Å². The predicted molar refractivity (Wildman–Crippen MR) is 74.2 cm³/mol. The number of nitrogens with one attached hydrogen (secondary N) is 2. The molecule has 0 radical (unpaired) electrons. The van der Waals surface area contributed by atoms with Crippen LogP contribution in [0.5, 0.6) is 0 Å². The standard InChI is InChI=1S/C12H19N3O3S/c1-9(2)7-14-8-12(16)15-10-3-5-11(6-4-10)19(13,17)18/h3-6,9,14H,7-8H2,1-2H3,(H,15,16)(H2,13,17,18). The maximum Gasteiger partial charge on any atom is 0.238 e. The van der Waals surface area contributed by atoms with Crippen molar-refractivity contribution in [3.63, 3.8) is 0 Å². The monoisotopic (exact) mass is 285 g/mol. The van der Waals surface area contributed by atoms with Crippen LogP contribution in [0, 0.1) is 5.92 Å². The van der Waals surface area contributed by atoms with E-state index in [1.807, 2.05) is 0 Å². The minimum Gasteiger partial charge on any atom is -0.325 e. The average molecular weight is 285 g/mol. The Morgan fingerprint density at radius 1 is 1.26 bits per heavy atom. The van der Waals surface area contributed by atoms with Crippen molar-refractivity contribution in [2.24, 2.45) is 11.1 Å². The fraction of sp³-hybridized carbons (Fsp3) is 0.417. The minimum atomic E-state index is -3.70. The van der Waals surface area contributed by atoms with E-state index in [4.69, 9.17) is 5.14 Å². The fourth-order valence-corrected chi connectivity index (χ4v) is 1.92. The fourth-order valence-electron chi connectivity index (χ4n) is 1.41. The lowest BCUT2D eigenvalue weighted by molar-refractivity contribution is -0.115. The summed E-state index contributed by atoms with van der Waals surface area (Å²) in [6.45, 7) is 5.08. The van der Waals surface area contributed by atoms with Gasteiger partial charge in [-0.25, -0.2) is 13.6 Å². The molecule has 7 heteroatoms. The quantitative estimate of drug-likeness (QED) is 0.709. The smallest absolute Gasteiger partial charge is 0.238 e. The molecule has 1 aromatic rings. The zero-order chi connectivity index (χ0) is 14.5. The summed E-state index contributed by atoms with van der Waals surface area (Å²) in [5.74, 6) is 0.297. The molecule has 0 aliphatic rings. The number of amides is 1. The Bertz CT molecular complexity index is 524. The van der Waals surface area contributed by atoms with Crippen LogP contribution in [0.15, 0.2) is 29.2 Å². The number of anilines is 1. The van der Waals surface area contributed by atoms with Crippen molar-refractivity contribution in [3.05, 3.63) is 24.3 Å². The van der Waals surface area contributed by atoms with Crippen LogP contribution in [-0.2, 0) is 14.8 Å². The van der Waals surface area contributed by atoms with E-state index >= 15 is 0 Å². The van der Waals surface area contributed by atoms with Gasteiger partial charge in [-0.05, 0) is 36.7 Å². The first-order valence-electron chi connectivity index (χ1n) is 5.92. The third kappa shape index (κ3) is 5.82. The Labute approximate surface area is 113 Å². The van der Waals surface area contributed by atoms with Crippen LogP contribution in [0.3, 0.4) is 0 Å². The third-order valence-corrected chi connectivity index (χ3v) is 3.23. The highest BCUT2D eigenvalue weighted by Crippen LogP contribution is 2.12. The number of sulfonamides is 1. The highest BCUT2D eigenvalue weighted by atomic mass is 32.2. The number of hydrogen-bond donors (Lipinski definition) is 3. The maximum atomic E-state index is 11.6. The van der Waals surface area contributed by atoms with E-state index in [0.29, 0.717) is 11.6 Å². The zero-order valence-corrected chi connectivity index (χ0v) is 11.8. The molecule has 0 saturated heterocycles. The lowest BCUT2D eigenvalue weighted by Crippen LogP contribution is -2.30. The van der Waals surface area contributed by atoms with Gasteiger partial charge in [0.15, 0.2) is 0 Å². The number of primary sulfonamides is 1. The number of carbonyl (C=O) groups excluding carboxylic acids is 1. The first-order valence-corrected chi connectivity index (χ1v) is 7.47. The van der Waals surface area contributed by atoms with Gasteiger partial charge < -0.3 is 10.6 Å². The molecule has 0 fully saturated rings. The van der Waals surface area contributed by atoms with Gasteiger partial charge in [0.25, 0.3) is 0 Å². The van der Waals surface area contributed by atoms with Gasteiger partial charge in [0.1, 0.15) is 0 Å². The van der Waals surface area contributed by atoms with Gasteiger partial charge in [0, 0.05) is 5.69 Å².